The molecule has 0 saturated heterocycles. The molecule has 0 heterocycles. The van der Waals surface area contributed by atoms with Crippen molar-refractivity contribution in [1.82, 2.24) is 0 Å². The molecule has 2 nitrogen and oxygen atoms in total. The smallest absolute Gasteiger partial charge is 0.203 e. The maximum atomic E-state index is 8.53. The van der Waals surface area contributed by atoms with Crippen LogP contribution < -0.4 is 0 Å². The van der Waals surface area contributed by atoms with Gasteiger partial charge in [-0.2, -0.15) is 0 Å². The molecular weight excluding hydrogens is 108 g/mol. The maximum absolute atomic E-state index is 8.53. The second-order valence-electron chi connectivity index (χ2n) is 1.30. The molecule has 0 aliphatic carbocycles. The van der Waals surface area contributed by atoms with E-state index in [9.17, 15) is 0 Å². The number of aliphatic hydroxyl groups excluding tert-OH is 1. The zero-order chi connectivity index (χ0) is 5.70. The van der Waals surface area contributed by atoms with Crippen LogP contribution in [0.2, 0.25) is 0 Å². The van der Waals surface area contributed by atoms with Crippen LogP contribution >= 0.6 is 0 Å². The van der Waals surface area contributed by atoms with Crippen molar-refractivity contribution < 1.29 is 9.53 Å². The van der Waals surface area contributed by atoms with Crippen molar-refractivity contribution in [2.45, 2.75) is 13.0 Å². The first-order chi connectivity index (χ1) is 3.27. The summed E-state index contributed by atoms with van der Waals surface area (Å²) in [6, 6.07) is 0. The van der Waals surface area contributed by atoms with Gasteiger partial charge in [-0.1, -0.05) is 0 Å². The lowest BCUT2D eigenvalue weighted by Crippen LogP contribution is -1.91. The Balaban J connectivity index is 3.08. The summed E-state index contributed by atoms with van der Waals surface area (Å²) < 4.78 is 4.65. The summed E-state index contributed by atoms with van der Waals surface area (Å²) in [5, 5.41) is 8.53. The summed E-state index contributed by atoms with van der Waals surface area (Å²) in [4.78, 5) is 0. The summed E-state index contributed by atoms with van der Waals surface area (Å²) in [7, 11) is 0.697. The molecule has 0 amide bonds. The fraction of sp³-hybridized carbons (Fsp3) is 0.500. The summed E-state index contributed by atoms with van der Waals surface area (Å²) in [5.74, 6) is 0. The van der Waals surface area contributed by atoms with E-state index in [0.29, 0.717) is 10.5 Å². The highest BCUT2D eigenvalue weighted by atomic mass is 28.2. The Kier molecular flexibility index (Phi) is 3.73. The second kappa shape index (κ2) is 3.89. The van der Waals surface area contributed by atoms with Gasteiger partial charge in [-0.25, -0.2) is 0 Å². The minimum Gasteiger partial charge on any atom is -0.558 e. The Morgan fingerprint density at radius 2 is 2.43 bits per heavy atom. The van der Waals surface area contributed by atoms with Crippen LogP contribution in [0.3, 0.4) is 0 Å². The summed E-state index contributed by atoms with van der Waals surface area (Å²) in [6.45, 7) is 1.68. The quantitative estimate of drug-likeness (QED) is 0.379. The Labute approximate surface area is 46.3 Å². The minimum absolute atomic E-state index is 0.381. The van der Waals surface area contributed by atoms with E-state index in [4.69, 9.17) is 5.11 Å². The van der Waals surface area contributed by atoms with Gasteiger partial charge in [0.1, 0.15) is 0 Å². The van der Waals surface area contributed by atoms with Gasteiger partial charge in [0.25, 0.3) is 0 Å². The van der Waals surface area contributed by atoms with Crippen molar-refractivity contribution >= 4 is 10.5 Å². The predicted octanol–water partition coefficient (Wildman–Crippen LogP) is -0.822. The lowest BCUT2D eigenvalue weighted by atomic mass is 10.4. The van der Waals surface area contributed by atoms with Gasteiger partial charge < -0.3 is 9.53 Å². The highest BCUT2D eigenvalue weighted by Crippen LogP contribution is 1.80. The second-order valence-corrected chi connectivity index (χ2v) is 1.78. The highest BCUT2D eigenvalue weighted by Gasteiger charge is 1.80. The number of hydrogen-bond donors (Lipinski definition) is 1. The van der Waals surface area contributed by atoms with E-state index in [0.717, 1.165) is 0 Å². The van der Waals surface area contributed by atoms with E-state index >= 15 is 0 Å². The van der Waals surface area contributed by atoms with E-state index in [1.165, 1.54) is 6.26 Å². The Bertz CT molecular complexity index is 60.7. The van der Waals surface area contributed by atoms with Crippen molar-refractivity contribution in [1.29, 1.82) is 0 Å². The molecule has 0 aromatic carbocycles. The number of rotatable bonds is 2. The molecule has 42 valence electrons. The molecule has 0 aromatic rings. The zero-order valence-electron chi connectivity index (χ0n) is 4.59. The lowest BCUT2D eigenvalue weighted by molar-refractivity contribution is 0.241. The Hall–Kier alpha value is -0.283. The van der Waals surface area contributed by atoms with E-state index in [2.05, 4.69) is 4.43 Å². The largest absolute Gasteiger partial charge is 0.558 e. The molecule has 0 aliphatic heterocycles. The van der Waals surface area contributed by atoms with Crippen LogP contribution in [0.15, 0.2) is 12.3 Å². The van der Waals surface area contributed by atoms with E-state index in [1.807, 2.05) is 0 Å². The van der Waals surface area contributed by atoms with Gasteiger partial charge in [-0.05, 0) is 13.0 Å². The van der Waals surface area contributed by atoms with Gasteiger partial charge in [0, 0.05) is 0 Å². The molecule has 3 heteroatoms. The summed E-state index contributed by atoms with van der Waals surface area (Å²) >= 11 is 0. The Morgan fingerprint density at radius 1 is 1.86 bits per heavy atom. The molecule has 1 atom stereocenters. The van der Waals surface area contributed by atoms with Crippen LogP contribution in [-0.4, -0.2) is 21.7 Å². The van der Waals surface area contributed by atoms with Crippen LogP contribution in [-0.2, 0) is 4.43 Å². The first kappa shape index (κ1) is 6.72. The van der Waals surface area contributed by atoms with Gasteiger partial charge >= 0.3 is 0 Å². The third-order valence-corrected chi connectivity index (χ3v) is 0.765. The third-order valence-electron chi connectivity index (χ3n) is 0.493. The summed E-state index contributed by atoms with van der Waals surface area (Å²) in [6.07, 6.45) is 2.72. The Morgan fingerprint density at radius 3 is 2.57 bits per heavy atom. The first-order valence-corrected chi connectivity index (χ1v) is 2.96. The molecular formula is C4H10O2Si. The molecule has 0 fully saturated rings. The first-order valence-electron chi connectivity index (χ1n) is 2.15. The standard InChI is InChI=1S/C4H10O2Si/c1-4(5)2-3-6-7/h2-5H,1,7H3/b3-2+. The molecule has 0 aromatic heterocycles. The van der Waals surface area contributed by atoms with Crippen molar-refractivity contribution in [2.75, 3.05) is 0 Å². The monoisotopic (exact) mass is 118 g/mol. The van der Waals surface area contributed by atoms with Crippen molar-refractivity contribution in [3.8, 4) is 0 Å². The third kappa shape index (κ3) is 5.72. The van der Waals surface area contributed by atoms with Gasteiger partial charge in [0.2, 0.25) is 10.5 Å². The highest BCUT2D eigenvalue weighted by molar-refractivity contribution is 5.98. The average Bonchev–Trinajstić information content (AvgIpc) is 1.61. The molecule has 0 spiro atoms. The molecule has 0 rings (SSSR count). The van der Waals surface area contributed by atoms with Gasteiger partial charge in [-0.15, -0.1) is 0 Å². The predicted molar refractivity (Wildman–Crippen MR) is 31.8 cm³/mol. The van der Waals surface area contributed by atoms with Crippen LogP contribution in [0.25, 0.3) is 0 Å². The van der Waals surface area contributed by atoms with Crippen LogP contribution in [0.5, 0.6) is 0 Å². The fourth-order valence-electron chi connectivity index (χ4n) is 0.192. The average molecular weight is 118 g/mol. The van der Waals surface area contributed by atoms with E-state index in [-0.39, 0.29) is 6.10 Å². The molecule has 0 aliphatic rings. The summed E-state index contributed by atoms with van der Waals surface area (Å²) in [5.41, 5.74) is 0. The van der Waals surface area contributed by atoms with Crippen LogP contribution in [0.1, 0.15) is 6.92 Å². The molecule has 0 saturated carbocycles. The lowest BCUT2D eigenvalue weighted by Gasteiger charge is -1.90. The number of hydrogen-bond acceptors (Lipinski definition) is 2. The van der Waals surface area contributed by atoms with Crippen molar-refractivity contribution in [3.63, 3.8) is 0 Å². The molecule has 7 heavy (non-hydrogen) atoms. The van der Waals surface area contributed by atoms with Gasteiger partial charge in [0.15, 0.2) is 0 Å². The maximum Gasteiger partial charge on any atom is 0.203 e. The minimum atomic E-state index is -0.381. The van der Waals surface area contributed by atoms with Gasteiger partial charge in [-0.3, -0.25) is 0 Å². The molecule has 1 unspecified atom stereocenters. The molecule has 1 N–H and O–H groups in total. The number of aliphatic hydroxyl groups is 1. The van der Waals surface area contributed by atoms with Crippen LogP contribution in [0.4, 0.5) is 0 Å². The molecule has 0 radical (unpaired) electrons. The fourth-order valence-corrected chi connectivity index (χ4v) is 0.349. The zero-order valence-corrected chi connectivity index (χ0v) is 6.59. The SMILES string of the molecule is CC(O)/C=C/O[SiH3]. The van der Waals surface area contributed by atoms with E-state index in [1.54, 1.807) is 13.0 Å². The normalized spacial score (nSPS) is 15.1. The topological polar surface area (TPSA) is 29.5 Å². The van der Waals surface area contributed by atoms with Crippen molar-refractivity contribution in [3.05, 3.63) is 12.3 Å². The van der Waals surface area contributed by atoms with E-state index < -0.39 is 0 Å². The van der Waals surface area contributed by atoms with Gasteiger partial charge in [0.05, 0.1) is 12.4 Å². The van der Waals surface area contributed by atoms with Crippen LogP contribution in [0, 0.1) is 0 Å². The van der Waals surface area contributed by atoms with Crippen molar-refractivity contribution in [2.24, 2.45) is 0 Å². The molecule has 0 bridgehead atoms.